The van der Waals surface area contributed by atoms with Crippen molar-refractivity contribution >= 4 is 16.9 Å². The van der Waals surface area contributed by atoms with E-state index in [0.29, 0.717) is 17.9 Å². The molecule has 3 heterocycles. The summed E-state index contributed by atoms with van der Waals surface area (Å²) >= 11 is 0. The molecule has 0 saturated carbocycles. The maximum absolute atomic E-state index is 13.0. The van der Waals surface area contributed by atoms with Crippen molar-refractivity contribution in [3.8, 4) is 5.75 Å². The van der Waals surface area contributed by atoms with Crippen molar-refractivity contribution in [2.75, 3.05) is 20.2 Å². The second kappa shape index (κ2) is 6.27. The largest absolute Gasteiger partial charge is 0.497 e. The number of furan rings is 1. The maximum Gasteiger partial charge on any atom is 0.289 e. The lowest BCUT2D eigenvalue weighted by Gasteiger charge is -2.32. The summed E-state index contributed by atoms with van der Waals surface area (Å²) in [6, 6.07) is 7.73. The average Bonchev–Trinajstić information content (AvgIpc) is 3.30. The Hall–Kier alpha value is -2.76. The highest BCUT2D eigenvalue weighted by Gasteiger charge is 2.29. The van der Waals surface area contributed by atoms with E-state index < -0.39 is 0 Å². The van der Waals surface area contributed by atoms with Gasteiger partial charge in [0.05, 0.1) is 13.2 Å². The molecule has 0 N–H and O–H groups in total. The molecule has 25 heavy (non-hydrogen) atoms. The molecule has 2 aromatic heterocycles. The Balaban J connectivity index is 1.62. The van der Waals surface area contributed by atoms with Gasteiger partial charge in [0.2, 0.25) is 0 Å². The molecule has 0 aliphatic carbocycles. The van der Waals surface area contributed by atoms with Crippen LogP contribution in [0.3, 0.4) is 0 Å². The summed E-state index contributed by atoms with van der Waals surface area (Å²) in [6.45, 7) is 3.32. The lowest BCUT2D eigenvalue weighted by Crippen LogP contribution is -2.40. The molecule has 1 aliphatic heterocycles. The van der Waals surface area contributed by atoms with Gasteiger partial charge in [0.15, 0.2) is 5.76 Å². The molecule has 0 bridgehead atoms. The van der Waals surface area contributed by atoms with Crippen molar-refractivity contribution < 1.29 is 13.9 Å². The third-order valence-electron chi connectivity index (χ3n) is 4.92. The minimum Gasteiger partial charge on any atom is -0.497 e. The fraction of sp³-hybridized carbons (Fsp3) is 0.368. The molecule has 1 unspecified atom stereocenters. The number of fused-ring (bicyclic) bond motifs is 1. The summed E-state index contributed by atoms with van der Waals surface area (Å²) in [6.07, 6.45) is 5.72. The highest BCUT2D eigenvalue weighted by atomic mass is 16.5. The van der Waals surface area contributed by atoms with Crippen LogP contribution in [0.4, 0.5) is 0 Å². The SMILES string of the molecule is COc1ccc2oc(C(=O)N3CCCC(n4cccn4)C3)c(C)c2c1. The number of ether oxygens (including phenoxy) is 1. The Bertz CT molecular complexity index is 898. The molecule has 130 valence electrons. The number of carbonyl (C=O) groups excluding carboxylic acids is 1. The highest BCUT2D eigenvalue weighted by Crippen LogP contribution is 2.30. The van der Waals surface area contributed by atoms with Gasteiger partial charge in [-0.3, -0.25) is 9.48 Å². The molecule has 6 nitrogen and oxygen atoms in total. The average molecular weight is 339 g/mol. The lowest BCUT2D eigenvalue weighted by atomic mass is 10.0. The van der Waals surface area contributed by atoms with Crippen molar-refractivity contribution in [1.29, 1.82) is 0 Å². The molecule has 6 heteroatoms. The molecule has 1 saturated heterocycles. The number of hydrogen-bond donors (Lipinski definition) is 0. The number of carbonyl (C=O) groups is 1. The summed E-state index contributed by atoms with van der Waals surface area (Å²) in [5.41, 5.74) is 1.57. The highest BCUT2D eigenvalue weighted by molar-refractivity contribution is 5.99. The number of rotatable bonds is 3. The van der Waals surface area contributed by atoms with Gasteiger partial charge in [0.25, 0.3) is 5.91 Å². The van der Waals surface area contributed by atoms with Crippen molar-refractivity contribution in [2.45, 2.75) is 25.8 Å². The molecular weight excluding hydrogens is 318 g/mol. The van der Waals surface area contributed by atoms with Crippen LogP contribution in [-0.4, -0.2) is 40.8 Å². The van der Waals surface area contributed by atoms with Crippen molar-refractivity contribution in [3.63, 3.8) is 0 Å². The number of benzene rings is 1. The molecule has 1 aliphatic rings. The van der Waals surface area contributed by atoms with Crippen molar-refractivity contribution in [1.82, 2.24) is 14.7 Å². The second-order valence-corrected chi connectivity index (χ2v) is 6.45. The topological polar surface area (TPSA) is 60.5 Å². The fourth-order valence-corrected chi connectivity index (χ4v) is 3.53. The van der Waals surface area contributed by atoms with Crippen LogP contribution >= 0.6 is 0 Å². The number of hydrogen-bond acceptors (Lipinski definition) is 4. The molecule has 0 radical (unpaired) electrons. The number of aryl methyl sites for hydroxylation is 1. The first kappa shape index (κ1) is 15.7. The molecule has 1 aromatic carbocycles. The van der Waals surface area contributed by atoms with E-state index in [4.69, 9.17) is 9.15 Å². The zero-order valence-corrected chi connectivity index (χ0v) is 14.4. The molecule has 1 atom stereocenters. The first-order valence-corrected chi connectivity index (χ1v) is 8.53. The number of methoxy groups -OCH3 is 1. The molecule has 1 fully saturated rings. The molecular formula is C19H21N3O3. The molecule has 3 aromatic rings. The molecule has 1 amide bonds. The summed E-state index contributed by atoms with van der Waals surface area (Å²) in [5, 5.41) is 5.24. The Morgan fingerprint density at radius 2 is 2.28 bits per heavy atom. The number of amides is 1. The van der Waals surface area contributed by atoms with Gasteiger partial charge in [0, 0.05) is 36.4 Å². The Kier molecular flexibility index (Phi) is 3.95. The van der Waals surface area contributed by atoms with Crippen molar-refractivity contribution in [2.24, 2.45) is 0 Å². The van der Waals surface area contributed by atoms with E-state index in [9.17, 15) is 4.79 Å². The standard InChI is InChI=1S/C19H21N3O3/c1-13-16-11-15(24-2)6-7-17(16)25-18(13)19(23)21-9-3-5-14(12-21)22-10-4-8-20-22/h4,6-8,10-11,14H,3,5,9,12H2,1-2H3. The van der Waals surface area contributed by atoms with Gasteiger partial charge in [-0.15, -0.1) is 0 Å². The van der Waals surface area contributed by atoms with Gasteiger partial charge >= 0.3 is 0 Å². The summed E-state index contributed by atoms with van der Waals surface area (Å²) in [5.74, 6) is 1.13. The van der Waals surface area contributed by atoms with Gasteiger partial charge in [-0.1, -0.05) is 0 Å². The molecule has 0 spiro atoms. The first-order chi connectivity index (χ1) is 12.2. The Labute approximate surface area is 146 Å². The third kappa shape index (κ3) is 2.77. The third-order valence-corrected chi connectivity index (χ3v) is 4.92. The normalized spacial score (nSPS) is 17.8. The van der Waals surface area contributed by atoms with Gasteiger partial charge in [0.1, 0.15) is 11.3 Å². The van der Waals surface area contributed by atoms with Crippen LogP contribution in [0.5, 0.6) is 5.75 Å². The van der Waals surface area contributed by atoms with E-state index in [-0.39, 0.29) is 11.9 Å². The van der Waals surface area contributed by atoms with Crippen LogP contribution in [0.1, 0.15) is 35.0 Å². The van der Waals surface area contributed by atoms with E-state index in [0.717, 1.165) is 36.1 Å². The zero-order chi connectivity index (χ0) is 17.4. The second-order valence-electron chi connectivity index (χ2n) is 6.45. The van der Waals surface area contributed by atoms with E-state index in [1.54, 1.807) is 13.3 Å². The van der Waals surface area contributed by atoms with E-state index in [1.807, 2.05) is 47.0 Å². The monoisotopic (exact) mass is 339 g/mol. The molecule has 4 rings (SSSR count). The van der Waals surface area contributed by atoms with Crippen LogP contribution in [0.15, 0.2) is 41.1 Å². The number of nitrogens with zero attached hydrogens (tertiary/aromatic N) is 3. The van der Waals surface area contributed by atoms with E-state index >= 15 is 0 Å². The van der Waals surface area contributed by atoms with Crippen LogP contribution in [0.25, 0.3) is 11.0 Å². The van der Waals surface area contributed by atoms with Crippen LogP contribution in [0, 0.1) is 6.92 Å². The Morgan fingerprint density at radius 1 is 1.40 bits per heavy atom. The van der Waals surface area contributed by atoms with E-state index in [1.165, 1.54) is 0 Å². The predicted molar refractivity (Wildman–Crippen MR) is 93.9 cm³/mol. The maximum atomic E-state index is 13.0. The lowest BCUT2D eigenvalue weighted by molar-refractivity contribution is 0.0642. The van der Waals surface area contributed by atoms with Gasteiger partial charge in [-0.25, -0.2) is 0 Å². The quantitative estimate of drug-likeness (QED) is 0.733. The van der Waals surface area contributed by atoms with Crippen LogP contribution in [-0.2, 0) is 0 Å². The smallest absolute Gasteiger partial charge is 0.289 e. The minimum absolute atomic E-state index is 0.0514. The summed E-state index contributed by atoms with van der Waals surface area (Å²) < 4.78 is 13.1. The predicted octanol–water partition coefficient (Wildman–Crippen LogP) is 3.42. The van der Waals surface area contributed by atoms with Crippen molar-refractivity contribution in [3.05, 3.63) is 48.0 Å². The minimum atomic E-state index is -0.0514. The first-order valence-electron chi connectivity index (χ1n) is 8.53. The summed E-state index contributed by atoms with van der Waals surface area (Å²) in [4.78, 5) is 14.9. The number of piperidine rings is 1. The van der Waals surface area contributed by atoms with Gasteiger partial charge in [-0.2, -0.15) is 5.10 Å². The Morgan fingerprint density at radius 3 is 3.04 bits per heavy atom. The zero-order valence-electron chi connectivity index (χ0n) is 14.4. The van der Waals surface area contributed by atoms with Gasteiger partial charge < -0.3 is 14.1 Å². The van der Waals surface area contributed by atoms with Crippen LogP contribution < -0.4 is 4.74 Å². The fourth-order valence-electron chi connectivity index (χ4n) is 3.53. The van der Waals surface area contributed by atoms with E-state index in [2.05, 4.69) is 5.10 Å². The number of likely N-dealkylation sites (tertiary alicyclic amines) is 1. The summed E-state index contributed by atoms with van der Waals surface area (Å²) in [7, 11) is 1.63. The van der Waals surface area contributed by atoms with Crippen LogP contribution in [0.2, 0.25) is 0 Å². The number of aromatic nitrogens is 2. The van der Waals surface area contributed by atoms with Gasteiger partial charge in [-0.05, 0) is 44.0 Å².